The molecule has 2 unspecified atom stereocenters. The number of fused-ring (bicyclic) bond motifs is 1. The molecule has 2 atom stereocenters. The Morgan fingerprint density at radius 3 is 2.84 bits per heavy atom. The second-order valence-electron chi connectivity index (χ2n) is 6.81. The lowest BCUT2D eigenvalue weighted by molar-refractivity contribution is -0.130. The summed E-state index contributed by atoms with van der Waals surface area (Å²) in [6.45, 7) is 5.93. The van der Waals surface area contributed by atoms with Gasteiger partial charge in [0.25, 0.3) is 6.02 Å². The third-order valence-corrected chi connectivity index (χ3v) is 5.86. The number of nitrogens with zero attached hydrogens (tertiary/aromatic N) is 3. The molecule has 0 bridgehead atoms. The van der Waals surface area contributed by atoms with Crippen LogP contribution in [-0.4, -0.2) is 50.3 Å². The normalized spacial score (nSPS) is 23.3. The van der Waals surface area contributed by atoms with E-state index in [0.717, 1.165) is 5.56 Å². The van der Waals surface area contributed by atoms with Crippen LogP contribution < -0.4 is 0 Å². The fraction of sp³-hybridized carbons (Fsp3) is 0.500. The smallest absolute Gasteiger partial charge is 0.291 e. The van der Waals surface area contributed by atoms with E-state index in [0.29, 0.717) is 21.7 Å². The third kappa shape index (κ3) is 3.97. The number of aliphatic imine (C=N–C) groups is 1. The summed E-state index contributed by atoms with van der Waals surface area (Å²) >= 11 is 3.32. The number of amides is 1. The predicted molar refractivity (Wildman–Crippen MR) is 104 cm³/mol. The molecule has 2 aliphatic heterocycles. The first-order valence-corrected chi connectivity index (χ1v) is 9.77. The Morgan fingerprint density at radius 2 is 2.20 bits per heavy atom. The molecule has 6 nitrogen and oxygen atoms in total. The van der Waals surface area contributed by atoms with Crippen LogP contribution in [0.4, 0.5) is 4.39 Å². The largest absolute Gasteiger partial charge is 0.459 e. The van der Waals surface area contributed by atoms with Gasteiger partial charge in [0.05, 0.1) is 6.04 Å². The van der Waals surface area contributed by atoms with Crippen molar-refractivity contribution in [1.29, 1.82) is 5.41 Å². The molecule has 1 N–H and O–H groups in total. The summed E-state index contributed by atoms with van der Waals surface area (Å²) in [7, 11) is 0. The first-order chi connectivity index (χ1) is 11.7. The molecule has 0 aromatic carbocycles. The topological polar surface area (TPSA) is 78.6 Å². The van der Waals surface area contributed by atoms with Crippen LogP contribution in [-0.2, 0) is 9.53 Å². The third-order valence-electron chi connectivity index (χ3n) is 3.72. The molecule has 9 heteroatoms. The molecule has 0 radical (unpaired) electrons. The SMILES string of the molecule is CC(C)(C)OC(=N)N1CCC2N=C(c3ccc(F)nc3I)SC2C1=O. The van der Waals surface area contributed by atoms with Crippen molar-refractivity contribution in [2.24, 2.45) is 4.99 Å². The minimum Gasteiger partial charge on any atom is -0.459 e. The van der Waals surface area contributed by atoms with Crippen LogP contribution >= 0.6 is 34.4 Å². The Hall–Kier alpha value is -1.23. The summed E-state index contributed by atoms with van der Waals surface area (Å²) in [4.78, 5) is 22.6. The van der Waals surface area contributed by atoms with E-state index in [1.807, 2.05) is 43.4 Å². The Kier molecular flexibility index (Phi) is 5.06. The van der Waals surface area contributed by atoms with Crippen LogP contribution in [0.2, 0.25) is 0 Å². The zero-order valence-corrected chi connectivity index (χ0v) is 17.0. The molecular weight excluding hydrogens is 458 g/mol. The highest BCUT2D eigenvalue weighted by atomic mass is 127. The van der Waals surface area contributed by atoms with Crippen molar-refractivity contribution in [2.45, 2.75) is 44.1 Å². The maximum absolute atomic E-state index is 13.2. The van der Waals surface area contributed by atoms with Crippen molar-refractivity contribution >= 4 is 51.3 Å². The lowest BCUT2D eigenvalue weighted by atomic mass is 10.0. The number of hydrogen-bond donors (Lipinski definition) is 1. The number of rotatable bonds is 1. The van der Waals surface area contributed by atoms with Crippen LogP contribution in [0.5, 0.6) is 0 Å². The van der Waals surface area contributed by atoms with E-state index < -0.39 is 11.5 Å². The fourth-order valence-electron chi connectivity index (χ4n) is 2.66. The van der Waals surface area contributed by atoms with E-state index in [-0.39, 0.29) is 23.2 Å². The monoisotopic (exact) mass is 476 g/mol. The van der Waals surface area contributed by atoms with Gasteiger partial charge in [-0.05, 0) is 61.9 Å². The van der Waals surface area contributed by atoms with E-state index in [2.05, 4.69) is 9.98 Å². The first kappa shape index (κ1) is 18.6. The van der Waals surface area contributed by atoms with Crippen molar-refractivity contribution in [3.63, 3.8) is 0 Å². The molecule has 134 valence electrons. The standard InChI is InChI=1S/C16H18FIN4O2S/c1-16(2,3)24-15(19)22-7-6-9-11(14(22)23)25-13(20-9)8-4-5-10(17)21-12(8)18/h4-5,9,11,19H,6-7H2,1-3H3. The maximum Gasteiger partial charge on any atom is 0.291 e. The van der Waals surface area contributed by atoms with Gasteiger partial charge in [-0.2, -0.15) is 4.39 Å². The number of nitrogens with one attached hydrogen (secondary N) is 1. The number of thioether (sulfide) groups is 1. The van der Waals surface area contributed by atoms with Gasteiger partial charge in [-0.3, -0.25) is 20.1 Å². The number of carbonyl (C=O) groups excluding carboxylic acids is 1. The van der Waals surface area contributed by atoms with Gasteiger partial charge in [0, 0.05) is 12.1 Å². The number of piperidine rings is 1. The van der Waals surface area contributed by atoms with E-state index in [9.17, 15) is 9.18 Å². The summed E-state index contributed by atoms with van der Waals surface area (Å²) in [5, 5.41) is 8.39. The highest BCUT2D eigenvalue weighted by molar-refractivity contribution is 14.1. The Labute approximate surface area is 163 Å². The predicted octanol–water partition coefficient (Wildman–Crippen LogP) is 3.04. The minimum absolute atomic E-state index is 0.122. The lowest BCUT2D eigenvalue weighted by Crippen LogP contribution is -2.52. The maximum atomic E-state index is 13.2. The molecule has 0 aliphatic carbocycles. The van der Waals surface area contributed by atoms with E-state index >= 15 is 0 Å². The van der Waals surface area contributed by atoms with E-state index in [4.69, 9.17) is 10.1 Å². The number of ether oxygens (including phenoxy) is 1. The number of halogens is 2. The lowest BCUT2D eigenvalue weighted by Gasteiger charge is -2.34. The molecule has 1 fully saturated rings. The summed E-state index contributed by atoms with van der Waals surface area (Å²) in [6, 6.07) is 2.68. The van der Waals surface area contributed by atoms with Crippen molar-refractivity contribution in [3.8, 4) is 0 Å². The molecule has 2 aliphatic rings. The van der Waals surface area contributed by atoms with Gasteiger partial charge in [-0.1, -0.05) is 11.8 Å². The fourth-order valence-corrected chi connectivity index (χ4v) is 4.81. The minimum atomic E-state index is -0.538. The van der Waals surface area contributed by atoms with Gasteiger partial charge < -0.3 is 4.74 Å². The van der Waals surface area contributed by atoms with Crippen LogP contribution in [0.3, 0.4) is 0 Å². The summed E-state index contributed by atoms with van der Waals surface area (Å²) in [5.41, 5.74) is 0.205. The number of amidine groups is 1. The van der Waals surface area contributed by atoms with E-state index in [1.165, 1.54) is 22.7 Å². The summed E-state index contributed by atoms with van der Waals surface area (Å²) < 4.78 is 19.3. The van der Waals surface area contributed by atoms with Gasteiger partial charge in [0.2, 0.25) is 11.9 Å². The van der Waals surface area contributed by atoms with Crippen LogP contribution in [0.15, 0.2) is 17.1 Å². The molecule has 1 amide bonds. The zero-order chi connectivity index (χ0) is 18.4. The Morgan fingerprint density at radius 1 is 1.48 bits per heavy atom. The van der Waals surface area contributed by atoms with Gasteiger partial charge in [0.1, 0.15) is 19.6 Å². The van der Waals surface area contributed by atoms with Crippen LogP contribution in [0, 0.1) is 15.1 Å². The second-order valence-corrected chi connectivity index (χ2v) is 8.96. The average molecular weight is 476 g/mol. The number of likely N-dealkylation sites (tertiary alicyclic amines) is 1. The van der Waals surface area contributed by atoms with Crippen molar-refractivity contribution in [2.75, 3.05) is 6.54 Å². The highest BCUT2D eigenvalue weighted by Gasteiger charge is 2.44. The van der Waals surface area contributed by atoms with Crippen LogP contribution in [0.25, 0.3) is 0 Å². The highest BCUT2D eigenvalue weighted by Crippen LogP contribution is 2.37. The van der Waals surface area contributed by atoms with Gasteiger partial charge >= 0.3 is 0 Å². The molecule has 0 saturated carbocycles. The summed E-state index contributed by atoms with van der Waals surface area (Å²) in [6.07, 6.45) is 0.661. The number of pyridine rings is 1. The Balaban J connectivity index is 1.76. The number of aromatic nitrogens is 1. The second kappa shape index (κ2) is 6.82. The zero-order valence-electron chi connectivity index (χ0n) is 14.0. The molecule has 1 aromatic rings. The van der Waals surface area contributed by atoms with Crippen molar-refractivity contribution in [1.82, 2.24) is 9.88 Å². The molecular formula is C16H18FIN4O2S. The molecule has 0 spiro atoms. The van der Waals surface area contributed by atoms with Gasteiger partial charge in [-0.25, -0.2) is 4.98 Å². The molecule has 3 rings (SSSR count). The van der Waals surface area contributed by atoms with Gasteiger partial charge in [-0.15, -0.1) is 0 Å². The molecule has 25 heavy (non-hydrogen) atoms. The molecule has 3 heterocycles. The summed E-state index contributed by atoms with van der Waals surface area (Å²) in [5.74, 6) is -0.705. The first-order valence-electron chi connectivity index (χ1n) is 7.81. The Bertz CT molecular complexity index is 765. The van der Waals surface area contributed by atoms with Crippen LogP contribution in [0.1, 0.15) is 32.8 Å². The van der Waals surface area contributed by atoms with Gasteiger partial charge in [0.15, 0.2) is 0 Å². The van der Waals surface area contributed by atoms with E-state index in [1.54, 1.807) is 6.07 Å². The molecule has 1 saturated heterocycles. The number of hydrogen-bond acceptors (Lipinski definition) is 6. The molecule has 1 aromatic heterocycles. The van der Waals surface area contributed by atoms with Crippen molar-refractivity contribution < 1.29 is 13.9 Å². The van der Waals surface area contributed by atoms with Crippen molar-refractivity contribution in [3.05, 3.63) is 27.3 Å². The number of carbonyl (C=O) groups is 1. The average Bonchev–Trinajstić information content (AvgIpc) is 2.90. The quantitative estimate of drug-likeness (QED) is 0.293.